The maximum Gasteiger partial charge on any atom is 0.248 e. The molecule has 2 aromatic carbocycles. The van der Waals surface area contributed by atoms with Crippen LogP contribution < -0.4 is 21.1 Å². The first-order valence-corrected chi connectivity index (χ1v) is 8.81. The van der Waals surface area contributed by atoms with Crippen molar-refractivity contribution in [3.8, 4) is 5.75 Å². The summed E-state index contributed by atoms with van der Waals surface area (Å²) < 4.78 is 5.16. The Balaban J connectivity index is 1.58. The van der Waals surface area contributed by atoms with E-state index in [4.69, 9.17) is 10.5 Å². The van der Waals surface area contributed by atoms with Crippen LogP contribution in [0.4, 0.5) is 17.2 Å². The lowest BCUT2D eigenvalue weighted by atomic mass is 10.2. The second kappa shape index (κ2) is 9.23. The molecule has 3 aromatic rings. The average molecular weight is 374 g/mol. The summed E-state index contributed by atoms with van der Waals surface area (Å²) in [7, 11) is 1.64. The van der Waals surface area contributed by atoms with Gasteiger partial charge in [0.15, 0.2) is 0 Å². The normalized spacial score (nSPS) is 10.6. The highest BCUT2D eigenvalue weighted by Gasteiger charge is 2.02. The van der Waals surface area contributed by atoms with Gasteiger partial charge in [0.1, 0.15) is 11.6 Å². The molecule has 28 heavy (non-hydrogen) atoms. The van der Waals surface area contributed by atoms with Crippen molar-refractivity contribution >= 4 is 29.2 Å². The van der Waals surface area contributed by atoms with Gasteiger partial charge in [0, 0.05) is 12.6 Å². The molecular formula is C22H22N4O2. The standard InChI is InChI=1S/C22H22N4O2/c1-28-18-12-9-16(10-13-18)15-24-21-8-4-5-17(25-21)11-14-22(27)26-20-7-3-2-6-19(20)23/h2-14H,15,23H2,1H3,(H,24,25)(H,26,27). The van der Waals surface area contributed by atoms with Crippen LogP contribution in [0.2, 0.25) is 0 Å². The third kappa shape index (κ3) is 5.35. The average Bonchev–Trinajstić information content (AvgIpc) is 2.73. The summed E-state index contributed by atoms with van der Waals surface area (Å²) >= 11 is 0. The number of aromatic nitrogens is 1. The van der Waals surface area contributed by atoms with Crippen LogP contribution in [0.3, 0.4) is 0 Å². The van der Waals surface area contributed by atoms with Crippen LogP contribution in [0.1, 0.15) is 11.3 Å². The maximum atomic E-state index is 12.1. The van der Waals surface area contributed by atoms with E-state index in [1.54, 1.807) is 25.3 Å². The molecule has 1 amide bonds. The van der Waals surface area contributed by atoms with Crippen molar-refractivity contribution in [1.82, 2.24) is 4.98 Å². The monoisotopic (exact) mass is 374 g/mol. The molecule has 0 radical (unpaired) electrons. The number of amides is 1. The van der Waals surface area contributed by atoms with Gasteiger partial charge in [-0.3, -0.25) is 4.79 Å². The number of nitrogens with two attached hydrogens (primary N) is 1. The first-order chi connectivity index (χ1) is 13.6. The van der Waals surface area contributed by atoms with Crippen LogP contribution in [0.5, 0.6) is 5.75 Å². The van der Waals surface area contributed by atoms with Crippen LogP contribution in [-0.2, 0) is 11.3 Å². The molecule has 1 aromatic heterocycles. The van der Waals surface area contributed by atoms with Gasteiger partial charge < -0.3 is 21.1 Å². The van der Waals surface area contributed by atoms with Gasteiger partial charge >= 0.3 is 0 Å². The molecule has 0 saturated carbocycles. The Morgan fingerprint density at radius 2 is 1.86 bits per heavy atom. The Hall–Kier alpha value is -3.80. The van der Waals surface area contributed by atoms with Gasteiger partial charge in [-0.1, -0.05) is 30.3 Å². The van der Waals surface area contributed by atoms with E-state index >= 15 is 0 Å². The van der Waals surface area contributed by atoms with Crippen LogP contribution in [0.15, 0.2) is 72.8 Å². The minimum Gasteiger partial charge on any atom is -0.497 e. The van der Waals surface area contributed by atoms with Crippen LogP contribution >= 0.6 is 0 Å². The van der Waals surface area contributed by atoms with Gasteiger partial charge in [0.05, 0.1) is 24.2 Å². The van der Waals surface area contributed by atoms with Crippen molar-refractivity contribution < 1.29 is 9.53 Å². The van der Waals surface area contributed by atoms with Crippen molar-refractivity contribution in [2.75, 3.05) is 23.5 Å². The van der Waals surface area contributed by atoms with E-state index in [0.717, 1.165) is 17.1 Å². The molecule has 0 bridgehead atoms. The number of para-hydroxylation sites is 2. The second-order valence-corrected chi connectivity index (χ2v) is 6.06. The number of nitrogens with one attached hydrogen (secondary N) is 2. The Bertz CT molecular complexity index is 968. The number of nitrogens with zero attached hydrogens (tertiary/aromatic N) is 1. The number of benzene rings is 2. The zero-order valence-corrected chi connectivity index (χ0v) is 15.6. The molecule has 0 spiro atoms. The minimum absolute atomic E-state index is 0.267. The minimum atomic E-state index is -0.267. The van der Waals surface area contributed by atoms with E-state index < -0.39 is 0 Å². The summed E-state index contributed by atoms with van der Waals surface area (Å²) in [5.41, 5.74) is 8.72. The van der Waals surface area contributed by atoms with Crippen LogP contribution in [0, 0.1) is 0 Å². The molecule has 0 saturated heterocycles. The third-order valence-electron chi connectivity index (χ3n) is 4.03. The summed E-state index contributed by atoms with van der Waals surface area (Å²) in [4.78, 5) is 16.6. The quantitative estimate of drug-likeness (QED) is 0.431. The molecule has 0 fully saturated rings. The molecule has 0 aliphatic heterocycles. The molecule has 6 heteroatoms. The van der Waals surface area contributed by atoms with E-state index in [-0.39, 0.29) is 5.91 Å². The van der Waals surface area contributed by atoms with Crippen LogP contribution in [-0.4, -0.2) is 18.0 Å². The van der Waals surface area contributed by atoms with E-state index in [9.17, 15) is 4.79 Å². The number of anilines is 3. The van der Waals surface area contributed by atoms with Gasteiger partial charge in [0.25, 0.3) is 0 Å². The Morgan fingerprint density at radius 1 is 1.07 bits per heavy atom. The fourth-order valence-electron chi connectivity index (χ4n) is 2.53. The first-order valence-electron chi connectivity index (χ1n) is 8.81. The number of rotatable bonds is 7. The number of hydrogen-bond acceptors (Lipinski definition) is 5. The molecule has 0 aliphatic rings. The van der Waals surface area contributed by atoms with E-state index in [1.165, 1.54) is 6.08 Å². The topological polar surface area (TPSA) is 89.3 Å². The van der Waals surface area contributed by atoms with E-state index in [1.807, 2.05) is 54.6 Å². The molecule has 3 rings (SSSR count). The number of carbonyl (C=O) groups is 1. The molecular weight excluding hydrogens is 352 g/mol. The molecule has 0 unspecified atom stereocenters. The number of hydrogen-bond donors (Lipinski definition) is 3. The summed E-state index contributed by atoms with van der Waals surface area (Å²) in [5, 5.41) is 6.02. The lowest BCUT2D eigenvalue weighted by molar-refractivity contribution is -0.111. The molecule has 4 N–H and O–H groups in total. The van der Waals surface area contributed by atoms with Crippen molar-refractivity contribution in [3.63, 3.8) is 0 Å². The Morgan fingerprint density at radius 3 is 2.61 bits per heavy atom. The SMILES string of the molecule is COc1ccc(CNc2cccc(C=CC(=O)Nc3ccccc3N)n2)cc1. The van der Waals surface area contributed by atoms with Crippen molar-refractivity contribution in [1.29, 1.82) is 0 Å². The number of ether oxygens (including phenoxy) is 1. The zero-order chi connectivity index (χ0) is 19.8. The Kier molecular flexibility index (Phi) is 6.25. The smallest absolute Gasteiger partial charge is 0.248 e. The molecule has 142 valence electrons. The summed E-state index contributed by atoms with van der Waals surface area (Å²) in [5.74, 6) is 1.28. The highest BCUT2D eigenvalue weighted by atomic mass is 16.5. The van der Waals surface area contributed by atoms with Crippen LogP contribution in [0.25, 0.3) is 6.08 Å². The third-order valence-corrected chi connectivity index (χ3v) is 4.03. The van der Waals surface area contributed by atoms with Gasteiger partial charge in [-0.15, -0.1) is 0 Å². The fourth-order valence-corrected chi connectivity index (χ4v) is 2.53. The number of carbonyl (C=O) groups excluding carboxylic acids is 1. The zero-order valence-electron chi connectivity index (χ0n) is 15.6. The van der Waals surface area contributed by atoms with Gasteiger partial charge in [-0.05, 0) is 48.0 Å². The molecule has 0 aliphatic carbocycles. The second-order valence-electron chi connectivity index (χ2n) is 6.06. The molecule has 6 nitrogen and oxygen atoms in total. The van der Waals surface area contributed by atoms with Crippen molar-refractivity contribution in [2.45, 2.75) is 6.54 Å². The number of methoxy groups -OCH3 is 1. The Labute approximate surface area is 164 Å². The lowest BCUT2D eigenvalue weighted by Crippen LogP contribution is -2.09. The van der Waals surface area contributed by atoms with E-state index in [2.05, 4.69) is 15.6 Å². The highest BCUT2D eigenvalue weighted by Crippen LogP contribution is 2.17. The lowest BCUT2D eigenvalue weighted by Gasteiger charge is -2.07. The molecule has 0 atom stereocenters. The largest absolute Gasteiger partial charge is 0.497 e. The van der Waals surface area contributed by atoms with Crippen molar-refractivity contribution in [2.24, 2.45) is 0 Å². The summed E-state index contributed by atoms with van der Waals surface area (Å²) in [6.07, 6.45) is 3.09. The van der Waals surface area contributed by atoms with Gasteiger partial charge in [0.2, 0.25) is 5.91 Å². The number of pyridine rings is 1. The first kappa shape index (κ1) is 19.0. The predicted octanol–water partition coefficient (Wildman–Crippen LogP) is 3.94. The summed E-state index contributed by atoms with van der Waals surface area (Å²) in [6, 6.07) is 20.5. The van der Waals surface area contributed by atoms with Gasteiger partial charge in [-0.2, -0.15) is 0 Å². The van der Waals surface area contributed by atoms with Gasteiger partial charge in [-0.25, -0.2) is 4.98 Å². The van der Waals surface area contributed by atoms with E-state index in [0.29, 0.717) is 23.6 Å². The number of nitrogen functional groups attached to an aromatic ring is 1. The highest BCUT2D eigenvalue weighted by molar-refractivity contribution is 6.03. The predicted molar refractivity (Wildman–Crippen MR) is 113 cm³/mol. The summed E-state index contributed by atoms with van der Waals surface area (Å²) in [6.45, 7) is 0.637. The van der Waals surface area contributed by atoms with Crippen molar-refractivity contribution in [3.05, 3.63) is 84.1 Å². The fraction of sp³-hybridized carbons (Fsp3) is 0.0909. The molecule has 1 heterocycles. The maximum absolute atomic E-state index is 12.1.